The van der Waals surface area contributed by atoms with Crippen molar-refractivity contribution >= 4 is 5.57 Å². The summed E-state index contributed by atoms with van der Waals surface area (Å²) in [5.74, 6) is 3.42. The van der Waals surface area contributed by atoms with Gasteiger partial charge in [0.05, 0.1) is 0 Å². The van der Waals surface area contributed by atoms with Crippen molar-refractivity contribution in [3.8, 4) is 11.5 Å². The minimum Gasteiger partial charge on any atom is -0.454 e. The van der Waals surface area contributed by atoms with Gasteiger partial charge in [0.2, 0.25) is 13.6 Å². The lowest BCUT2D eigenvalue weighted by molar-refractivity contribution is 0.0978. The van der Waals surface area contributed by atoms with Crippen LogP contribution in [0.3, 0.4) is 0 Å². The van der Waals surface area contributed by atoms with Gasteiger partial charge in [-0.05, 0) is 42.2 Å². The van der Waals surface area contributed by atoms with Crippen LogP contribution >= 0.6 is 0 Å². The Morgan fingerprint density at radius 3 is 2.81 bits per heavy atom. The number of hydrogen-bond donors (Lipinski definition) is 0. The van der Waals surface area contributed by atoms with E-state index in [1.165, 1.54) is 28.0 Å². The van der Waals surface area contributed by atoms with Gasteiger partial charge in [-0.25, -0.2) is 0 Å². The molecule has 1 aromatic rings. The molecule has 134 valence electrons. The van der Waals surface area contributed by atoms with Crippen LogP contribution in [0.15, 0.2) is 53.1 Å². The van der Waals surface area contributed by atoms with E-state index < -0.39 is 0 Å². The normalized spacial score (nSPS) is 24.5. The zero-order chi connectivity index (χ0) is 17.7. The number of fused-ring (bicyclic) bond motifs is 4. The molecular weight excluding hydrogens is 330 g/mol. The molecule has 1 aliphatic carbocycles. The van der Waals surface area contributed by atoms with Gasteiger partial charge in [-0.2, -0.15) is 0 Å². The van der Waals surface area contributed by atoms with Crippen molar-refractivity contribution in [2.24, 2.45) is 0 Å². The number of rotatable bonds is 1. The molecule has 5 heteroatoms. The summed E-state index contributed by atoms with van der Waals surface area (Å²) in [5.41, 5.74) is 6.17. The maximum absolute atomic E-state index is 5.76. The Morgan fingerprint density at radius 1 is 1.08 bits per heavy atom. The molecule has 0 atom stereocenters. The van der Waals surface area contributed by atoms with E-state index in [0.29, 0.717) is 13.6 Å². The Morgan fingerprint density at radius 2 is 1.92 bits per heavy atom. The highest BCUT2D eigenvalue weighted by Crippen LogP contribution is 2.47. The van der Waals surface area contributed by atoms with E-state index in [2.05, 4.69) is 43.2 Å². The molecule has 1 fully saturated rings. The summed E-state index contributed by atoms with van der Waals surface area (Å²) in [7, 11) is 2.13. The lowest BCUT2D eigenvalue weighted by atomic mass is 9.87. The number of allylic oxidation sites excluding steroid dienone is 5. The van der Waals surface area contributed by atoms with Gasteiger partial charge in [-0.3, -0.25) is 0 Å². The molecule has 4 aliphatic rings. The summed E-state index contributed by atoms with van der Waals surface area (Å²) < 4.78 is 22.4. The van der Waals surface area contributed by atoms with Gasteiger partial charge in [0, 0.05) is 30.4 Å². The highest BCUT2D eigenvalue weighted by Gasteiger charge is 2.31. The number of ether oxygens (including phenoxy) is 4. The van der Waals surface area contributed by atoms with Crippen molar-refractivity contribution in [3.63, 3.8) is 0 Å². The van der Waals surface area contributed by atoms with Crippen LogP contribution in [0.2, 0.25) is 0 Å². The molecule has 0 saturated carbocycles. The molecule has 0 radical (unpaired) electrons. The standard InChI is InChI=1S/C21H21NO4/c1-3-4-15-14-6-8-18-21(26-12-24-18)16(14)10-22(2)20(15)13-5-7-17-19(9-13)25-11-23-17/h4,6-9H,3,5,10-12H2,1-2H3/b15-4-,20-13-. The zero-order valence-electron chi connectivity index (χ0n) is 15.0. The van der Waals surface area contributed by atoms with Crippen LogP contribution in [0.1, 0.15) is 30.9 Å². The van der Waals surface area contributed by atoms with E-state index >= 15 is 0 Å². The summed E-state index contributed by atoms with van der Waals surface area (Å²) in [4.78, 5) is 2.30. The predicted molar refractivity (Wildman–Crippen MR) is 97.1 cm³/mol. The molecule has 5 nitrogen and oxygen atoms in total. The van der Waals surface area contributed by atoms with Crippen LogP contribution in [0.25, 0.3) is 5.57 Å². The van der Waals surface area contributed by atoms with Gasteiger partial charge in [0.1, 0.15) is 0 Å². The molecule has 0 bridgehead atoms. The SMILES string of the molecule is CC/C=C1\C(=C2\C=C3OCOC3=CC2)N(C)Cc2c1ccc1c2OCO1. The highest BCUT2D eigenvalue weighted by atomic mass is 16.7. The first-order chi connectivity index (χ1) is 12.8. The quantitative estimate of drug-likeness (QED) is 0.762. The molecule has 0 N–H and O–H groups in total. The van der Waals surface area contributed by atoms with E-state index in [9.17, 15) is 0 Å². The van der Waals surface area contributed by atoms with Crippen LogP contribution < -0.4 is 9.47 Å². The predicted octanol–water partition coefficient (Wildman–Crippen LogP) is 4.08. The molecule has 0 amide bonds. The van der Waals surface area contributed by atoms with Crippen molar-refractivity contribution in [1.29, 1.82) is 0 Å². The first kappa shape index (κ1) is 15.4. The van der Waals surface area contributed by atoms with Crippen molar-refractivity contribution < 1.29 is 18.9 Å². The minimum absolute atomic E-state index is 0.299. The molecule has 3 heterocycles. The smallest absolute Gasteiger partial charge is 0.231 e. The maximum Gasteiger partial charge on any atom is 0.231 e. The number of benzene rings is 1. The third-order valence-electron chi connectivity index (χ3n) is 5.16. The van der Waals surface area contributed by atoms with Crippen molar-refractivity contribution in [2.75, 3.05) is 20.6 Å². The number of likely N-dealkylation sites (N-methyl/N-ethyl adjacent to an activating group) is 1. The Kier molecular flexibility index (Phi) is 3.48. The second kappa shape index (κ2) is 5.87. The van der Waals surface area contributed by atoms with Crippen molar-refractivity contribution in [1.82, 2.24) is 4.90 Å². The van der Waals surface area contributed by atoms with Crippen LogP contribution in [-0.4, -0.2) is 25.5 Å². The van der Waals surface area contributed by atoms with Gasteiger partial charge in [-0.15, -0.1) is 0 Å². The van der Waals surface area contributed by atoms with Gasteiger partial charge in [0.15, 0.2) is 23.0 Å². The molecular formula is C21H21NO4. The summed E-state index contributed by atoms with van der Waals surface area (Å²) >= 11 is 0. The van der Waals surface area contributed by atoms with Gasteiger partial charge in [0.25, 0.3) is 0 Å². The molecule has 3 aliphatic heterocycles. The lowest BCUT2D eigenvalue weighted by Crippen LogP contribution is -2.26. The highest BCUT2D eigenvalue weighted by molar-refractivity contribution is 5.85. The first-order valence-corrected chi connectivity index (χ1v) is 9.00. The molecule has 0 unspecified atom stereocenters. The topological polar surface area (TPSA) is 40.2 Å². The summed E-state index contributed by atoms with van der Waals surface area (Å²) in [6.45, 7) is 3.56. The van der Waals surface area contributed by atoms with Crippen molar-refractivity contribution in [3.05, 3.63) is 64.3 Å². The molecule has 1 aromatic carbocycles. The second-order valence-electron chi connectivity index (χ2n) is 6.77. The van der Waals surface area contributed by atoms with Gasteiger partial charge < -0.3 is 23.8 Å². The first-order valence-electron chi connectivity index (χ1n) is 9.00. The fraction of sp³-hybridized carbons (Fsp3) is 0.333. The van der Waals surface area contributed by atoms with Crippen LogP contribution in [0, 0.1) is 0 Å². The monoisotopic (exact) mass is 351 g/mol. The average Bonchev–Trinajstić information content (AvgIpc) is 3.30. The van der Waals surface area contributed by atoms with E-state index in [1.807, 2.05) is 6.07 Å². The van der Waals surface area contributed by atoms with E-state index in [-0.39, 0.29) is 0 Å². The van der Waals surface area contributed by atoms with E-state index in [0.717, 1.165) is 42.4 Å². The van der Waals surface area contributed by atoms with Crippen LogP contribution in [-0.2, 0) is 16.0 Å². The average molecular weight is 351 g/mol. The maximum atomic E-state index is 5.76. The number of nitrogens with zero attached hydrogens (tertiary/aromatic N) is 1. The summed E-state index contributed by atoms with van der Waals surface area (Å²) in [6, 6.07) is 4.17. The molecule has 26 heavy (non-hydrogen) atoms. The third-order valence-corrected chi connectivity index (χ3v) is 5.16. The van der Waals surface area contributed by atoms with E-state index in [4.69, 9.17) is 18.9 Å². The Labute approximate surface area is 152 Å². The Bertz CT molecular complexity index is 907. The molecule has 1 saturated heterocycles. The minimum atomic E-state index is 0.299. The molecule has 0 spiro atoms. The fourth-order valence-corrected chi connectivity index (χ4v) is 4.07. The Balaban J connectivity index is 1.67. The van der Waals surface area contributed by atoms with Crippen molar-refractivity contribution in [2.45, 2.75) is 26.3 Å². The van der Waals surface area contributed by atoms with Gasteiger partial charge in [-0.1, -0.05) is 19.1 Å². The lowest BCUT2D eigenvalue weighted by Gasteiger charge is -2.34. The number of hydrogen-bond acceptors (Lipinski definition) is 5. The molecule has 0 aromatic heterocycles. The largest absolute Gasteiger partial charge is 0.454 e. The summed E-state index contributed by atoms with van der Waals surface area (Å²) in [5, 5.41) is 0. The summed E-state index contributed by atoms with van der Waals surface area (Å²) in [6.07, 6.45) is 8.32. The fourth-order valence-electron chi connectivity index (χ4n) is 4.07. The zero-order valence-corrected chi connectivity index (χ0v) is 15.0. The molecule has 5 rings (SSSR count). The van der Waals surface area contributed by atoms with Gasteiger partial charge >= 0.3 is 0 Å². The van der Waals surface area contributed by atoms with E-state index in [1.54, 1.807) is 0 Å². The van der Waals surface area contributed by atoms with Crippen LogP contribution in [0.4, 0.5) is 0 Å². The Hall–Kier alpha value is -2.82. The van der Waals surface area contributed by atoms with Crippen LogP contribution in [0.5, 0.6) is 11.5 Å². The second-order valence-corrected chi connectivity index (χ2v) is 6.77. The third kappa shape index (κ3) is 2.23.